The van der Waals surface area contributed by atoms with E-state index in [9.17, 15) is 0 Å². The molecule has 3 aromatic heterocycles. The van der Waals surface area contributed by atoms with E-state index >= 15 is 0 Å². The van der Waals surface area contributed by atoms with Gasteiger partial charge >= 0.3 is 0 Å². The van der Waals surface area contributed by atoms with Crippen LogP contribution < -0.4 is 4.90 Å². The van der Waals surface area contributed by atoms with E-state index in [0.29, 0.717) is 5.89 Å². The summed E-state index contributed by atoms with van der Waals surface area (Å²) in [7, 11) is 0. The van der Waals surface area contributed by atoms with Crippen molar-refractivity contribution < 1.29 is 13.3 Å². The van der Waals surface area contributed by atoms with Gasteiger partial charge < -0.3 is 18.2 Å². The second kappa shape index (κ2) is 11.2. The highest BCUT2D eigenvalue weighted by molar-refractivity contribution is 6.13. The van der Waals surface area contributed by atoms with Crippen LogP contribution in [0, 0.1) is 0 Å². The monoisotopic (exact) mass is 668 g/mol. The Bertz CT molecular complexity index is 3120. The lowest BCUT2D eigenvalue weighted by atomic mass is 10.0. The Kier molecular flexibility index (Phi) is 6.18. The molecule has 0 saturated carbocycles. The summed E-state index contributed by atoms with van der Waals surface area (Å²) in [6, 6.07) is 58.8. The third-order valence-electron chi connectivity index (χ3n) is 10.1. The smallest absolute Gasteiger partial charge is 0.228 e. The van der Waals surface area contributed by atoms with Gasteiger partial charge in [0.05, 0.1) is 0 Å². The largest absolute Gasteiger partial charge is 0.456 e. The first-order valence-electron chi connectivity index (χ1n) is 17.4. The van der Waals surface area contributed by atoms with E-state index in [1.807, 2.05) is 48.5 Å². The van der Waals surface area contributed by atoms with Crippen LogP contribution in [0.5, 0.6) is 0 Å². The number of anilines is 3. The summed E-state index contributed by atoms with van der Waals surface area (Å²) < 4.78 is 18.9. The maximum absolute atomic E-state index is 6.44. The molecule has 0 N–H and O–H groups in total. The number of benzene rings is 8. The first-order chi connectivity index (χ1) is 25.7. The van der Waals surface area contributed by atoms with Crippen molar-refractivity contribution in [2.45, 2.75) is 0 Å². The number of aromatic nitrogens is 1. The summed E-state index contributed by atoms with van der Waals surface area (Å²) in [5, 5.41) is 6.45. The number of fused-ring (bicyclic) bond motifs is 8. The normalized spacial score (nSPS) is 11.8. The molecule has 0 atom stereocenters. The predicted octanol–water partition coefficient (Wildman–Crippen LogP) is 13.6. The fourth-order valence-electron chi connectivity index (χ4n) is 7.60. The highest BCUT2D eigenvalue weighted by atomic mass is 16.4. The summed E-state index contributed by atoms with van der Waals surface area (Å²) >= 11 is 0. The number of hydrogen-bond acceptors (Lipinski definition) is 5. The number of rotatable bonds is 5. The first-order valence-corrected chi connectivity index (χ1v) is 17.4. The number of hydrogen-bond donors (Lipinski definition) is 0. The van der Waals surface area contributed by atoms with E-state index in [1.54, 1.807) is 0 Å². The Morgan fingerprint density at radius 3 is 1.88 bits per heavy atom. The molecule has 11 aromatic rings. The number of furan rings is 2. The Morgan fingerprint density at radius 2 is 1.02 bits per heavy atom. The van der Waals surface area contributed by atoms with Gasteiger partial charge in [-0.1, -0.05) is 84.9 Å². The molecule has 0 unspecified atom stereocenters. The molecule has 0 saturated heterocycles. The predicted molar refractivity (Wildman–Crippen MR) is 212 cm³/mol. The van der Waals surface area contributed by atoms with Crippen LogP contribution in [0.2, 0.25) is 0 Å². The summed E-state index contributed by atoms with van der Waals surface area (Å²) in [5.41, 5.74) is 11.2. The average molecular weight is 669 g/mol. The Labute approximate surface area is 297 Å². The Hall–Kier alpha value is -7.11. The van der Waals surface area contributed by atoms with Crippen molar-refractivity contribution in [3.8, 4) is 22.6 Å². The summed E-state index contributed by atoms with van der Waals surface area (Å²) in [4.78, 5) is 7.16. The second-order valence-corrected chi connectivity index (χ2v) is 13.2. The molecule has 0 radical (unpaired) electrons. The molecule has 5 heteroatoms. The van der Waals surface area contributed by atoms with Gasteiger partial charge in [0, 0.05) is 44.2 Å². The minimum Gasteiger partial charge on any atom is -0.456 e. The van der Waals surface area contributed by atoms with Gasteiger partial charge in [0.1, 0.15) is 27.8 Å². The molecule has 0 aliphatic carbocycles. The lowest BCUT2D eigenvalue weighted by Crippen LogP contribution is -2.09. The maximum Gasteiger partial charge on any atom is 0.228 e. The third kappa shape index (κ3) is 4.53. The lowest BCUT2D eigenvalue weighted by Gasteiger charge is -2.26. The molecule has 0 fully saturated rings. The topological polar surface area (TPSA) is 55.6 Å². The molecule has 0 aliphatic rings. The molecule has 244 valence electrons. The molecule has 5 nitrogen and oxygen atoms in total. The summed E-state index contributed by atoms with van der Waals surface area (Å²) in [6.45, 7) is 0. The van der Waals surface area contributed by atoms with Gasteiger partial charge in [-0.15, -0.1) is 0 Å². The summed E-state index contributed by atoms with van der Waals surface area (Å²) in [6.07, 6.45) is 0. The molecule has 0 bridgehead atoms. The van der Waals surface area contributed by atoms with E-state index < -0.39 is 0 Å². The fraction of sp³-hybridized carbons (Fsp3) is 0. The van der Waals surface area contributed by atoms with Crippen molar-refractivity contribution >= 4 is 82.8 Å². The first kappa shape index (κ1) is 28.7. The second-order valence-electron chi connectivity index (χ2n) is 13.2. The van der Waals surface area contributed by atoms with E-state index in [4.69, 9.17) is 18.2 Å². The minimum atomic E-state index is 0.568. The average Bonchev–Trinajstić information content (AvgIpc) is 3.91. The standard InChI is InChI=1S/C47H28N2O3/c1-2-9-29(10-3-1)30-17-18-32-26-33(20-19-31(32)25-30)49(34-21-23-42-38(27-34)36-11-4-6-14-41(36)50-42)35-22-24-43-39(28-35)46-37(12-8-16-45(46)51-43)47-48-40-13-5-7-15-44(40)52-47/h1-28H. The highest BCUT2D eigenvalue weighted by Crippen LogP contribution is 2.44. The van der Waals surface area contributed by atoms with Crippen LogP contribution in [-0.4, -0.2) is 4.98 Å². The van der Waals surface area contributed by atoms with Crippen LogP contribution in [0.3, 0.4) is 0 Å². The minimum absolute atomic E-state index is 0.568. The van der Waals surface area contributed by atoms with Gasteiger partial charge in [0.2, 0.25) is 5.89 Å². The fourth-order valence-corrected chi connectivity index (χ4v) is 7.60. The Morgan fingerprint density at radius 1 is 0.385 bits per heavy atom. The van der Waals surface area contributed by atoms with Crippen molar-refractivity contribution in [1.82, 2.24) is 4.98 Å². The SMILES string of the molecule is c1ccc(-c2ccc3cc(N(c4ccc5oc6ccccc6c5c4)c4ccc5oc6cccc(-c7nc8ccccc8o7)c6c5c4)ccc3c2)cc1. The van der Waals surface area contributed by atoms with E-state index in [1.165, 1.54) is 16.5 Å². The van der Waals surface area contributed by atoms with Crippen molar-refractivity contribution in [2.24, 2.45) is 0 Å². The molecule has 0 spiro atoms. The lowest BCUT2D eigenvalue weighted by molar-refractivity contribution is 0.620. The van der Waals surface area contributed by atoms with Crippen molar-refractivity contribution in [3.63, 3.8) is 0 Å². The van der Waals surface area contributed by atoms with Crippen LogP contribution in [-0.2, 0) is 0 Å². The molecular formula is C47H28N2O3. The molecule has 52 heavy (non-hydrogen) atoms. The number of nitrogens with zero attached hydrogens (tertiary/aromatic N) is 2. The van der Waals surface area contributed by atoms with Crippen molar-refractivity contribution in [2.75, 3.05) is 4.90 Å². The van der Waals surface area contributed by atoms with Crippen LogP contribution in [0.1, 0.15) is 0 Å². The Balaban J connectivity index is 1.12. The van der Waals surface area contributed by atoms with Gasteiger partial charge in [0.15, 0.2) is 5.58 Å². The van der Waals surface area contributed by atoms with Gasteiger partial charge in [-0.3, -0.25) is 0 Å². The van der Waals surface area contributed by atoms with Gasteiger partial charge in [-0.05, 0) is 107 Å². The van der Waals surface area contributed by atoms with E-state index in [-0.39, 0.29) is 0 Å². The van der Waals surface area contributed by atoms with Crippen molar-refractivity contribution in [1.29, 1.82) is 0 Å². The molecule has 0 amide bonds. The van der Waals surface area contributed by atoms with E-state index in [0.717, 1.165) is 83.0 Å². The van der Waals surface area contributed by atoms with Crippen LogP contribution in [0.15, 0.2) is 183 Å². The van der Waals surface area contributed by atoms with Gasteiger partial charge in [-0.25, -0.2) is 4.98 Å². The summed E-state index contributed by atoms with van der Waals surface area (Å²) in [5.74, 6) is 0.568. The van der Waals surface area contributed by atoms with Crippen LogP contribution in [0.25, 0.3) is 88.3 Å². The van der Waals surface area contributed by atoms with Crippen LogP contribution in [0.4, 0.5) is 17.1 Å². The molecule has 11 rings (SSSR count). The van der Waals surface area contributed by atoms with Crippen LogP contribution >= 0.6 is 0 Å². The zero-order valence-corrected chi connectivity index (χ0v) is 27.8. The van der Waals surface area contributed by atoms with Gasteiger partial charge in [0.25, 0.3) is 0 Å². The zero-order chi connectivity index (χ0) is 34.2. The molecule has 8 aromatic carbocycles. The quantitative estimate of drug-likeness (QED) is 0.183. The highest BCUT2D eigenvalue weighted by Gasteiger charge is 2.21. The molecule has 3 heterocycles. The number of oxazole rings is 1. The van der Waals surface area contributed by atoms with E-state index in [2.05, 4.69) is 126 Å². The molecule has 0 aliphatic heterocycles. The number of para-hydroxylation sites is 3. The van der Waals surface area contributed by atoms with Gasteiger partial charge in [-0.2, -0.15) is 0 Å². The third-order valence-corrected chi connectivity index (χ3v) is 10.1. The molecular weight excluding hydrogens is 641 g/mol. The van der Waals surface area contributed by atoms with Crippen molar-refractivity contribution in [3.05, 3.63) is 170 Å². The maximum atomic E-state index is 6.44. The zero-order valence-electron chi connectivity index (χ0n) is 27.8.